The van der Waals surface area contributed by atoms with E-state index in [1.54, 1.807) is 13.8 Å². The van der Waals surface area contributed by atoms with Crippen LogP contribution in [0.3, 0.4) is 0 Å². The molecule has 0 aliphatic carbocycles. The standard InChI is InChI=1S/C16H18O3/c1-3-19-16(18)11(2)15(17)14-9-8-12-6-4-5-7-13(12)10-14/h4-11,15,17H,3H2,1-2H3/t11-,15+/m0/s1. The molecule has 0 radical (unpaired) electrons. The van der Waals surface area contributed by atoms with E-state index in [4.69, 9.17) is 4.74 Å². The summed E-state index contributed by atoms with van der Waals surface area (Å²) >= 11 is 0. The summed E-state index contributed by atoms with van der Waals surface area (Å²) in [4.78, 5) is 11.6. The molecule has 0 amide bonds. The molecule has 2 aromatic carbocycles. The number of carbonyl (C=O) groups excluding carboxylic acids is 1. The minimum absolute atomic E-state index is 0.327. The molecule has 0 spiro atoms. The highest BCUT2D eigenvalue weighted by molar-refractivity contribution is 5.83. The van der Waals surface area contributed by atoms with Crippen LogP contribution in [0.5, 0.6) is 0 Å². The van der Waals surface area contributed by atoms with Crippen LogP contribution in [0.25, 0.3) is 10.8 Å². The van der Waals surface area contributed by atoms with Crippen molar-refractivity contribution in [2.75, 3.05) is 6.61 Å². The molecule has 2 atom stereocenters. The summed E-state index contributed by atoms with van der Waals surface area (Å²) < 4.78 is 4.93. The molecule has 3 heteroatoms. The van der Waals surface area contributed by atoms with Crippen molar-refractivity contribution in [3.63, 3.8) is 0 Å². The van der Waals surface area contributed by atoms with Gasteiger partial charge in [0.2, 0.25) is 0 Å². The number of hydrogen-bond donors (Lipinski definition) is 1. The Bertz CT molecular complexity index is 577. The van der Waals surface area contributed by atoms with Crippen molar-refractivity contribution in [2.24, 2.45) is 5.92 Å². The van der Waals surface area contributed by atoms with Crippen molar-refractivity contribution in [3.05, 3.63) is 48.0 Å². The fraction of sp³-hybridized carbons (Fsp3) is 0.312. The molecule has 2 rings (SSSR count). The molecule has 0 bridgehead atoms. The van der Waals surface area contributed by atoms with Crippen LogP contribution in [0.15, 0.2) is 42.5 Å². The minimum atomic E-state index is -0.844. The van der Waals surface area contributed by atoms with Crippen LogP contribution in [-0.4, -0.2) is 17.7 Å². The van der Waals surface area contributed by atoms with Gasteiger partial charge in [-0.3, -0.25) is 4.79 Å². The fourth-order valence-electron chi connectivity index (χ4n) is 2.08. The Labute approximate surface area is 112 Å². The topological polar surface area (TPSA) is 46.5 Å². The maximum Gasteiger partial charge on any atom is 0.311 e. The number of benzene rings is 2. The van der Waals surface area contributed by atoms with Gasteiger partial charge in [0, 0.05) is 0 Å². The maximum absolute atomic E-state index is 11.6. The van der Waals surface area contributed by atoms with E-state index in [-0.39, 0.29) is 5.97 Å². The molecule has 100 valence electrons. The van der Waals surface area contributed by atoms with Gasteiger partial charge in [-0.15, -0.1) is 0 Å². The van der Waals surface area contributed by atoms with E-state index in [9.17, 15) is 9.90 Å². The average molecular weight is 258 g/mol. The molecule has 0 aliphatic heterocycles. The normalized spacial score (nSPS) is 14.1. The first-order valence-corrected chi connectivity index (χ1v) is 6.47. The quantitative estimate of drug-likeness (QED) is 0.857. The summed E-state index contributed by atoms with van der Waals surface area (Å²) in [5.41, 5.74) is 0.735. The number of esters is 1. The first kappa shape index (κ1) is 13.6. The zero-order valence-corrected chi connectivity index (χ0v) is 11.2. The number of ether oxygens (including phenoxy) is 1. The lowest BCUT2D eigenvalue weighted by atomic mass is 9.95. The predicted octanol–water partition coefficient (Wildman–Crippen LogP) is 3.07. The van der Waals surface area contributed by atoms with Crippen LogP contribution >= 0.6 is 0 Å². The molecule has 2 aromatic rings. The lowest BCUT2D eigenvalue weighted by molar-refractivity contribution is -0.151. The predicted molar refractivity (Wildman–Crippen MR) is 74.7 cm³/mol. The van der Waals surface area contributed by atoms with E-state index >= 15 is 0 Å². The van der Waals surface area contributed by atoms with Crippen LogP contribution in [0, 0.1) is 5.92 Å². The van der Waals surface area contributed by atoms with Crippen molar-refractivity contribution in [1.82, 2.24) is 0 Å². The maximum atomic E-state index is 11.6. The molecule has 3 nitrogen and oxygen atoms in total. The Balaban J connectivity index is 2.25. The number of aliphatic hydroxyl groups is 1. The van der Waals surface area contributed by atoms with Crippen LogP contribution < -0.4 is 0 Å². The molecule has 1 N–H and O–H groups in total. The smallest absolute Gasteiger partial charge is 0.311 e. The molecule has 0 saturated heterocycles. The van der Waals surface area contributed by atoms with Crippen molar-refractivity contribution < 1.29 is 14.6 Å². The van der Waals surface area contributed by atoms with Gasteiger partial charge in [0.05, 0.1) is 18.6 Å². The summed E-state index contributed by atoms with van der Waals surface area (Å²) in [6, 6.07) is 13.6. The first-order valence-electron chi connectivity index (χ1n) is 6.47. The number of carbonyl (C=O) groups is 1. The highest BCUT2D eigenvalue weighted by Crippen LogP contribution is 2.26. The molecule has 0 unspecified atom stereocenters. The number of fused-ring (bicyclic) bond motifs is 1. The first-order chi connectivity index (χ1) is 9.13. The molecule has 19 heavy (non-hydrogen) atoms. The zero-order chi connectivity index (χ0) is 13.8. The second kappa shape index (κ2) is 5.85. The number of aliphatic hydroxyl groups excluding tert-OH is 1. The minimum Gasteiger partial charge on any atom is -0.466 e. The van der Waals surface area contributed by atoms with E-state index in [1.807, 2.05) is 42.5 Å². The summed E-state index contributed by atoms with van der Waals surface area (Å²) in [5.74, 6) is -0.940. The van der Waals surface area contributed by atoms with Gasteiger partial charge in [-0.1, -0.05) is 36.4 Å². The molecule has 0 fully saturated rings. The van der Waals surface area contributed by atoms with Crippen LogP contribution in [0.1, 0.15) is 25.5 Å². The summed E-state index contributed by atoms with van der Waals surface area (Å²) in [6.45, 7) is 3.76. The third-order valence-corrected chi connectivity index (χ3v) is 3.25. The van der Waals surface area contributed by atoms with Gasteiger partial charge >= 0.3 is 5.97 Å². The third-order valence-electron chi connectivity index (χ3n) is 3.25. The van der Waals surface area contributed by atoms with Crippen molar-refractivity contribution >= 4 is 16.7 Å². The van der Waals surface area contributed by atoms with Crippen LogP contribution in [-0.2, 0) is 9.53 Å². The lowest BCUT2D eigenvalue weighted by Gasteiger charge is -2.18. The second-order valence-electron chi connectivity index (χ2n) is 4.59. The van der Waals surface area contributed by atoms with E-state index < -0.39 is 12.0 Å². The van der Waals surface area contributed by atoms with Crippen LogP contribution in [0.2, 0.25) is 0 Å². The second-order valence-corrected chi connectivity index (χ2v) is 4.59. The summed E-state index contributed by atoms with van der Waals surface area (Å²) in [6.07, 6.45) is -0.844. The van der Waals surface area contributed by atoms with E-state index in [0.29, 0.717) is 6.61 Å². The zero-order valence-electron chi connectivity index (χ0n) is 11.2. The largest absolute Gasteiger partial charge is 0.466 e. The molecular formula is C16H18O3. The van der Waals surface area contributed by atoms with E-state index in [0.717, 1.165) is 16.3 Å². The fourth-order valence-corrected chi connectivity index (χ4v) is 2.08. The molecule has 0 saturated carbocycles. The lowest BCUT2D eigenvalue weighted by Crippen LogP contribution is -2.21. The Morgan fingerprint density at radius 2 is 1.89 bits per heavy atom. The van der Waals surface area contributed by atoms with Gasteiger partial charge in [-0.25, -0.2) is 0 Å². The number of hydrogen-bond acceptors (Lipinski definition) is 3. The average Bonchev–Trinajstić information content (AvgIpc) is 2.45. The molecule has 0 aliphatic rings. The van der Waals surface area contributed by atoms with Crippen molar-refractivity contribution in [1.29, 1.82) is 0 Å². The Morgan fingerprint density at radius 1 is 1.21 bits per heavy atom. The van der Waals surface area contributed by atoms with Gasteiger partial charge in [0.25, 0.3) is 0 Å². The Kier molecular flexibility index (Phi) is 4.17. The van der Waals surface area contributed by atoms with Gasteiger partial charge in [-0.2, -0.15) is 0 Å². The SMILES string of the molecule is CCOC(=O)[C@@H](C)[C@@H](O)c1ccc2ccccc2c1. The number of rotatable bonds is 4. The highest BCUT2D eigenvalue weighted by Gasteiger charge is 2.24. The van der Waals surface area contributed by atoms with Crippen LogP contribution in [0.4, 0.5) is 0 Å². The summed E-state index contributed by atoms with van der Waals surface area (Å²) in [5, 5.41) is 12.4. The molecule has 0 aromatic heterocycles. The van der Waals surface area contributed by atoms with Crippen molar-refractivity contribution in [3.8, 4) is 0 Å². The molecular weight excluding hydrogens is 240 g/mol. The van der Waals surface area contributed by atoms with E-state index in [2.05, 4.69) is 0 Å². The van der Waals surface area contributed by atoms with Gasteiger partial charge in [-0.05, 0) is 36.2 Å². The third kappa shape index (κ3) is 2.93. The van der Waals surface area contributed by atoms with E-state index in [1.165, 1.54) is 0 Å². The Morgan fingerprint density at radius 3 is 2.58 bits per heavy atom. The van der Waals surface area contributed by atoms with Crippen molar-refractivity contribution in [2.45, 2.75) is 20.0 Å². The molecule has 0 heterocycles. The highest BCUT2D eigenvalue weighted by atomic mass is 16.5. The summed E-state index contributed by atoms with van der Waals surface area (Å²) in [7, 11) is 0. The monoisotopic (exact) mass is 258 g/mol. The van der Waals surface area contributed by atoms with Gasteiger partial charge < -0.3 is 9.84 Å². The van der Waals surface area contributed by atoms with Gasteiger partial charge in [0.15, 0.2) is 0 Å². The van der Waals surface area contributed by atoms with Gasteiger partial charge in [0.1, 0.15) is 0 Å². The Hall–Kier alpha value is -1.87.